The van der Waals surface area contributed by atoms with Crippen molar-refractivity contribution in [3.63, 3.8) is 0 Å². The second kappa shape index (κ2) is 16.3. The van der Waals surface area contributed by atoms with Crippen LogP contribution in [-0.2, 0) is 4.79 Å². The predicted octanol–water partition coefficient (Wildman–Crippen LogP) is 7.12. The van der Waals surface area contributed by atoms with Gasteiger partial charge in [-0.25, -0.2) is 0 Å². The molecule has 0 aliphatic carbocycles. The molecule has 1 rings (SSSR count). The van der Waals surface area contributed by atoms with Gasteiger partial charge in [-0.1, -0.05) is 84.0 Å². The third-order valence-electron chi connectivity index (χ3n) is 5.19. The number of hydrogen-bond acceptors (Lipinski definition) is 3. The molecule has 0 heterocycles. The summed E-state index contributed by atoms with van der Waals surface area (Å²) in [4.78, 5) is 12.2. The number of nitrogens with one attached hydrogen (secondary N) is 1. The number of carbonyl (C=O) groups excluding carboxylic acids is 1. The zero-order chi connectivity index (χ0) is 20.5. The number of carbonyl (C=O) groups is 1. The Labute approximate surface area is 172 Å². The lowest BCUT2D eigenvalue weighted by molar-refractivity contribution is -0.116. The van der Waals surface area contributed by atoms with Crippen LogP contribution in [0.5, 0.6) is 11.5 Å². The van der Waals surface area contributed by atoms with E-state index in [4.69, 9.17) is 9.47 Å². The molecule has 1 N–H and O–H groups in total. The van der Waals surface area contributed by atoms with Gasteiger partial charge >= 0.3 is 0 Å². The average molecular weight is 392 g/mol. The number of methoxy groups -OCH3 is 2. The molecule has 0 aromatic heterocycles. The highest BCUT2D eigenvalue weighted by molar-refractivity contribution is 5.92. The summed E-state index contributed by atoms with van der Waals surface area (Å²) in [6, 6.07) is 5.42. The van der Waals surface area contributed by atoms with Gasteiger partial charge < -0.3 is 14.8 Å². The highest BCUT2D eigenvalue weighted by atomic mass is 16.5. The molecule has 160 valence electrons. The minimum atomic E-state index is 0.0367. The van der Waals surface area contributed by atoms with Crippen LogP contribution in [0.25, 0.3) is 0 Å². The van der Waals surface area contributed by atoms with E-state index >= 15 is 0 Å². The molecule has 4 heteroatoms. The number of hydrogen-bond donors (Lipinski definition) is 1. The van der Waals surface area contributed by atoms with Crippen molar-refractivity contribution in [2.24, 2.45) is 0 Å². The van der Waals surface area contributed by atoms with Crippen LogP contribution in [0.3, 0.4) is 0 Å². The van der Waals surface area contributed by atoms with Crippen LogP contribution in [0.15, 0.2) is 18.2 Å². The topological polar surface area (TPSA) is 47.6 Å². The molecule has 0 unspecified atom stereocenters. The summed E-state index contributed by atoms with van der Waals surface area (Å²) in [6.07, 6.45) is 17.6. The van der Waals surface area contributed by atoms with E-state index in [1.54, 1.807) is 26.4 Å². The van der Waals surface area contributed by atoms with Crippen LogP contribution in [0, 0.1) is 0 Å². The van der Waals surface area contributed by atoms with Gasteiger partial charge in [0.05, 0.1) is 19.9 Å². The smallest absolute Gasteiger partial charge is 0.224 e. The Morgan fingerprint density at radius 3 is 1.82 bits per heavy atom. The molecule has 1 amide bonds. The Hall–Kier alpha value is -1.71. The van der Waals surface area contributed by atoms with Crippen LogP contribution in [-0.4, -0.2) is 20.1 Å². The Morgan fingerprint density at radius 1 is 0.786 bits per heavy atom. The van der Waals surface area contributed by atoms with Crippen molar-refractivity contribution in [1.29, 1.82) is 0 Å². The van der Waals surface area contributed by atoms with E-state index in [-0.39, 0.29) is 5.91 Å². The van der Waals surface area contributed by atoms with E-state index in [1.807, 2.05) is 6.07 Å². The Kier molecular flexibility index (Phi) is 14.1. The number of amides is 1. The summed E-state index contributed by atoms with van der Waals surface area (Å²) >= 11 is 0. The molecular weight excluding hydrogens is 350 g/mol. The molecule has 0 fully saturated rings. The Bertz CT molecular complexity index is 531. The molecular formula is C24H41NO3. The maximum Gasteiger partial charge on any atom is 0.224 e. The monoisotopic (exact) mass is 391 g/mol. The minimum absolute atomic E-state index is 0.0367. The van der Waals surface area contributed by atoms with E-state index in [0.29, 0.717) is 23.6 Å². The van der Waals surface area contributed by atoms with Gasteiger partial charge in [0.15, 0.2) is 0 Å². The molecule has 28 heavy (non-hydrogen) atoms. The largest absolute Gasteiger partial charge is 0.497 e. The van der Waals surface area contributed by atoms with Crippen molar-refractivity contribution in [2.75, 3.05) is 19.5 Å². The van der Waals surface area contributed by atoms with Crippen molar-refractivity contribution >= 4 is 11.6 Å². The third-order valence-corrected chi connectivity index (χ3v) is 5.19. The van der Waals surface area contributed by atoms with Gasteiger partial charge in [-0.15, -0.1) is 0 Å². The summed E-state index contributed by atoms with van der Waals surface area (Å²) in [6.45, 7) is 2.27. The lowest BCUT2D eigenvalue weighted by Crippen LogP contribution is -2.12. The number of anilines is 1. The highest BCUT2D eigenvalue weighted by Crippen LogP contribution is 2.29. The van der Waals surface area contributed by atoms with Crippen LogP contribution in [0.2, 0.25) is 0 Å². The summed E-state index contributed by atoms with van der Waals surface area (Å²) in [5, 5.41) is 2.94. The molecule has 0 saturated heterocycles. The van der Waals surface area contributed by atoms with Crippen molar-refractivity contribution in [3.8, 4) is 11.5 Å². The van der Waals surface area contributed by atoms with Crippen LogP contribution in [0.1, 0.15) is 96.8 Å². The first-order valence-corrected chi connectivity index (χ1v) is 11.2. The normalized spacial score (nSPS) is 10.7. The third kappa shape index (κ3) is 11.2. The van der Waals surface area contributed by atoms with E-state index in [2.05, 4.69) is 12.2 Å². The summed E-state index contributed by atoms with van der Waals surface area (Å²) in [7, 11) is 3.21. The molecule has 1 aromatic rings. The molecule has 0 aliphatic heterocycles. The maximum absolute atomic E-state index is 12.2. The van der Waals surface area contributed by atoms with E-state index in [9.17, 15) is 4.79 Å². The highest BCUT2D eigenvalue weighted by Gasteiger charge is 2.09. The van der Waals surface area contributed by atoms with Gasteiger partial charge in [0.2, 0.25) is 5.91 Å². The zero-order valence-corrected chi connectivity index (χ0v) is 18.4. The molecule has 0 spiro atoms. The van der Waals surface area contributed by atoms with E-state index in [1.165, 1.54) is 70.6 Å². The van der Waals surface area contributed by atoms with Crippen LogP contribution >= 0.6 is 0 Å². The van der Waals surface area contributed by atoms with Crippen molar-refractivity contribution in [2.45, 2.75) is 96.8 Å². The fraction of sp³-hybridized carbons (Fsp3) is 0.708. The number of benzene rings is 1. The lowest BCUT2D eigenvalue weighted by Gasteiger charge is -2.11. The fourth-order valence-electron chi connectivity index (χ4n) is 3.43. The predicted molar refractivity (Wildman–Crippen MR) is 118 cm³/mol. The second-order valence-corrected chi connectivity index (χ2v) is 7.61. The van der Waals surface area contributed by atoms with Gasteiger partial charge in [0.25, 0.3) is 0 Å². The van der Waals surface area contributed by atoms with Crippen LogP contribution in [0.4, 0.5) is 5.69 Å². The first kappa shape index (κ1) is 24.3. The average Bonchev–Trinajstić information content (AvgIpc) is 2.71. The van der Waals surface area contributed by atoms with Crippen molar-refractivity contribution in [3.05, 3.63) is 18.2 Å². The molecule has 0 aliphatic rings. The molecule has 4 nitrogen and oxygen atoms in total. The van der Waals surface area contributed by atoms with E-state index < -0.39 is 0 Å². The minimum Gasteiger partial charge on any atom is -0.497 e. The first-order valence-electron chi connectivity index (χ1n) is 11.2. The number of unbranched alkanes of at least 4 members (excludes halogenated alkanes) is 12. The zero-order valence-electron chi connectivity index (χ0n) is 18.4. The van der Waals surface area contributed by atoms with Gasteiger partial charge in [0.1, 0.15) is 11.5 Å². The Morgan fingerprint density at radius 2 is 1.32 bits per heavy atom. The molecule has 0 bridgehead atoms. The molecule has 0 saturated carbocycles. The number of ether oxygens (including phenoxy) is 2. The van der Waals surface area contributed by atoms with Crippen molar-refractivity contribution in [1.82, 2.24) is 0 Å². The first-order chi connectivity index (χ1) is 13.7. The summed E-state index contributed by atoms with van der Waals surface area (Å²) in [5.41, 5.74) is 0.668. The van der Waals surface area contributed by atoms with Gasteiger partial charge in [-0.05, 0) is 18.6 Å². The van der Waals surface area contributed by atoms with Crippen molar-refractivity contribution < 1.29 is 14.3 Å². The van der Waals surface area contributed by atoms with E-state index in [0.717, 1.165) is 12.8 Å². The number of rotatable bonds is 17. The molecule has 0 radical (unpaired) electrons. The standard InChI is InChI=1S/C24H41NO3/c1-4-5-6-7-8-9-10-11-12-13-14-15-16-17-24(26)25-22-20-21(27-2)18-19-23(22)28-3/h18-20H,4-17H2,1-3H3,(H,25,26). The SMILES string of the molecule is CCCCCCCCCCCCCCCC(=O)Nc1cc(OC)ccc1OC. The summed E-state index contributed by atoms with van der Waals surface area (Å²) in [5.74, 6) is 1.39. The molecule has 0 atom stereocenters. The van der Waals surface area contributed by atoms with Crippen LogP contribution < -0.4 is 14.8 Å². The summed E-state index contributed by atoms with van der Waals surface area (Å²) < 4.78 is 10.5. The lowest BCUT2D eigenvalue weighted by atomic mass is 10.0. The van der Waals surface area contributed by atoms with Gasteiger partial charge in [-0.3, -0.25) is 4.79 Å². The molecule has 1 aromatic carbocycles. The Balaban J connectivity index is 2.03. The van der Waals surface area contributed by atoms with Gasteiger partial charge in [0, 0.05) is 12.5 Å². The fourth-order valence-corrected chi connectivity index (χ4v) is 3.43. The second-order valence-electron chi connectivity index (χ2n) is 7.61. The van der Waals surface area contributed by atoms with Gasteiger partial charge in [-0.2, -0.15) is 0 Å². The maximum atomic E-state index is 12.2. The quantitative estimate of drug-likeness (QED) is 0.287.